The molecule has 2 unspecified atom stereocenters. The molecule has 0 radical (unpaired) electrons. The highest BCUT2D eigenvalue weighted by Gasteiger charge is 2.44. The molecule has 104 valence electrons. The SMILES string of the molecule is O=P(CC1OC1CO)(c1ccccc1)c1ccccc1. The Bertz CT molecular complexity index is 569. The van der Waals surface area contributed by atoms with Crippen molar-refractivity contribution in [2.24, 2.45) is 0 Å². The summed E-state index contributed by atoms with van der Waals surface area (Å²) < 4.78 is 18.9. The molecule has 3 rings (SSSR count). The number of ether oxygens (including phenoxy) is 1. The molecule has 1 N–H and O–H groups in total. The summed E-state index contributed by atoms with van der Waals surface area (Å²) in [5.74, 6) is 0. The molecular weight excluding hydrogens is 271 g/mol. The van der Waals surface area contributed by atoms with E-state index in [4.69, 9.17) is 9.84 Å². The Morgan fingerprint density at radius 1 is 0.900 bits per heavy atom. The highest BCUT2D eigenvalue weighted by molar-refractivity contribution is 7.78. The average Bonchev–Trinajstić information content (AvgIpc) is 3.27. The normalized spacial score (nSPS) is 21.6. The maximum atomic E-state index is 13.6. The van der Waals surface area contributed by atoms with E-state index in [-0.39, 0.29) is 18.8 Å². The summed E-state index contributed by atoms with van der Waals surface area (Å²) in [6.07, 6.45) is 0.189. The lowest BCUT2D eigenvalue weighted by Gasteiger charge is -2.18. The van der Waals surface area contributed by atoms with Gasteiger partial charge in [-0.05, 0) is 0 Å². The van der Waals surface area contributed by atoms with Crippen molar-refractivity contribution in [2.75, 3.05) is 12.8 Å². The van der Waals surface area contributed by atoms with Gasteiger partial charge in [0.15, 0.2) is 0 Å². The predicted molar refractivity (Wildman–Crippen MR) is 80.4 cm³/mol. The Kier molecular flexibility index (Phi) is 3.75. The van der Waals surface area contributed by atoms with Crippen LogP contribution in [-0.2, 0) is 9.30 Å². The summed E-state index contributed by atoms with van der Waals surface area (Å²) >= 11 is 0. The zero-order chi connectivity index (χ0) is 14.0. The second kappa shape index (κ2) is 5.53. The highest BCUT2D eigenvalue weighted by Crippen LogP contribution is 2.47. The number of rotatable bonds is 5. The van der Waals surface area contributed by atoms with Crippen molar-refractivity contribution < 1.29 is 14.4 Å². The van der Waals surface area contributed by atoms with Crippen LogP contribution < -0.4 is 10.6 Å². The van der Waals surface area contributed by atoms with Gasteiger partial charge in [0, 0.05) is 16.8 Å². The van der Waals surface area contributed by atoms with Gasteiger partial charge >= 0.3 is 0 Å². The minimum absolute atomic E-state index is 0.00571. The van der Waals surface area contributed by atoms with Gasteiger partial charge in [-0.15, -0.1) is 0 Å². The molecular formula is C16H17O3P. The van der Waals surface area contributed by atoms with Gasteiger partial charge in [-0.3, -0.25) is 0 Å². The Hall–Kier alpha value is -1.41. The molecule has 4 heteroatoms. The van der Waals surface area contributed by atoms with Crippen LogP contribution >= 0.6 is 7.14 Å². The van der Waals surface area contributed by atoms with Crippen LogP contribution in [0.25, 0.3) is 0 Å². The minimum Gasteiger partial charge on any atom is -0.394 e. The van der Waals surface area contributed by atoms with E-state index in [1.54, 1.807) is 0 Å². The molecule has 2 aromatic carbocycles. The van der Waals surface area contributed by atoms with Crippen LogP contribution in [0, 0.1) is 0 Å². The first kappa shape index (κ1) is 13.6. The van der Waals surface area contributed by atoms with Crippen molar-refractivity contribution >= 4 is 17.8 Å². The first-order valence-corrected chi connectivity index (χ1v) is 8.60. The molecule has 0 spiro atoms. The van der Waals surface area contributed by atoms with Crippen molar-refractivity contribution in [1.82, 2.24) is 0 Å². The number of epoxide rings is 1. The summed E-state index contributed by atoms with van der Waals surface area (Å²) in [4.78, 5) is 0. The second-order valence-corrected chi connectivity index (χ2v) is 7.87. The summed E-state index contributed by atoms with van der Waals surface area (Å²) in [5.41, 5.74) is 0. The molecule has 2 atom stereocenters. The van der Waals surface area contributed by atoms with Gasteiger partial charge in [0.25, 0.3) is 0 Å². The van der Waals surface area contributed by atoms with Crippen LogP contribution in [0.1, 0.15) is 0 Å². The molecule has 3 nitrogen and oxygen atoms in total. The van der Waals surface area contributed by atoms with Crippen molar-refractivity contribution in [2.45, 2.75) is 12.2 Å². The van der Waals surface area contributed by atoms with Gasteiger partial charge in [-0.2, -0.15) is 0 Å². The van der Waals surface area contributed by atoms with E-state index in [0.717, 1.165) is 10.6 Å². The van der Waals surface area contributed by atoms with E-state index >= 15 is 0 Å². The lowest BCUT2D eigenvalue weighted by molar-refractivity contribution is 0.242. The van der Waals surface area contributed by atoms with Crippen LogP contribution in [0.4, 0.5) is 0 Å². The van der Waals surface area contributed by atoms with E-state index in [9.17, 15) is 4.57 Å². The molecule has 0 bridgehead atoms. The van der Waals surface area contributed by atoms with Gasteiger partial charge in [0.05, 0.1) is 12.7 Å². The lowest BCUT2D eigenvalue weighted by Crippen LogP contribution is -2.21. The van der Waals surface area contributed by atoms with Crippen LogP contribution in [0.2, 0.25) is 0 Å². The van der Waals surface area contributed by atoms with E-state index < -0.39 is 7.14 Å². The third-order valence-corrected chi connectivity index (χ3v) is 6.79. The average molecular weight is 288 g/mol. The maximum absolute atomic E-state index is 13.6. The standard InChI is InChI=1S/C16H17O3P/c17-11-15-16(19-15)12-20(18,13-7-3-1-4-8-13)14-9-5-2-6-10-14/h1-10,15-17H,11-12H2. The third kappa shape index (κ3) is 2.57. The number of hydrogen-bond acceptors (Lipinski definition) is 3. The van der Waals surface area contributed by atoms with Gasteiger partial charge in [0.2, 0.25) is 0 Å². The fourth-order valence-electron chi connectivity index (χ4n) is 2.45. The number of benzene rings is 2. The summed E-state index contributed by atoms with van der Waals surface area (Å²) in [7, 11) is -2.70. The summed E-state index contributed by atoms with van der Waals surface area (Å²) in [6, 6.07) is 19.1. The van der Waals surface area contributed by atoms with Gasteiger partial charge < -0.3 is 14.4 Å². The molecule has 1 aliphatic rings. The molecule has 1 aliphatic heterocycles. The molecule has 0 aliphatic carbocycles. The first-order chi connectivity index (χ1) is 9.74. The van der Waals surface area contributed by atoms with Crippen LogP contribution in [-0.4, -0.2) is 30.1 Å². The third-order valence-electron chi connectivity index (χ3n) is 3.65. The molecule has 1 saturated heterocycles. The van der Waals surface area contributed by atoms with E-state index in [2.05, 4.69) is 0 Å². The number of aliphatic hydroxyl groups is 1. The Balaban J connectivity index is 1.98. The van der Waals surface area contributed by atoms with Crippen LogP contribution in [0.15, 0.2) is 60.7 Å². The molecule has 1 fully saturated rings. The molecule has 20 heavy (non-hydrogen) atoms. The molecule has 2 aromatic rings. The van der Waals surface area contributed by atoms with Gasteiger partial charge in [-0.25, -0.2) is 0 Å². The van der Waals surface area contributed by atoms with E-state index in [1.165, 1.54) is 0 Å². The summed E-state index contributed by atoms with van der Waals surface area (Å²) in [5, 5.41) is 10.8. The van der Waals surface area contributed by atoms with Crippen LogP contribution in [0.5, 0.6) is 0 Å². The van der Waals surface area contributed by atoms with Crippen LogP contribution in [0.3, 0.4) is 0 Å². The van der Waals surface area contributed by atoms with Gasteiger partial charge in [0.1, 0.15) is 13.2 Å². The Morgan fingerprint density at radius 3 is 1.80 bits per heavy atom. The largest absolute Gasteiger partial charge is 0.394 e. The monoisotopic (exact) mass is 288 g/mol. The van der Waals surface area contributed by atoms with E-state index in [1.807, 2.05) is 60.7 Å². The number of aliphatic hydroxyl groups excluding tert-OH is 1. The zero-order valence-electron chi connectivity index (χ0n) is 11.1. The quantitative estimate of drug-likeness (QED) is 0.674. The molecule has 0 aromatic heterocycles. The van der Waals surface area contributed by atoms with Crippen molar-refractivity contribution in [3.8, 4) is 0 Å². The first-order valence-electron chi connectivity index (χ1n) is 6.70. The van der Waals surface area contributed by atoms with Crippen molar-refractivity contribution in [3.05, 3.63) is 60.7 Å². The molecule has 0 amide bonds. The Morgan fingerprint density at radius 2 is 1.40 bits per heavy atom. The predicted octanol–water partition coefficient (Wildman–Crippen LogP) is 1.76. The molecule has 0 saturated carbocycles. The zero-order valence-corrected chi connectivity index (χ0v) is 11.9. The molecule has 1 heterocycles. The lowest BCUT2D eigenvalue weighted by atomic mass is 10.3. The number of hydrogen-bond donors (Lipinski definition) is 1. The minimum atomic E-state index is -2.70. The maximum Gasteiger partial charge on any atom is 0.145 e. The highest BCUT2D eigenvalue weighted by atomic mass is 31.2. The smallest absolute Gasteiger partial charge is 0.145 e. The van der Waals surface area contributed by atoms with Gasteiger partial charge in [-0.1, -0.05) is 60.7 Å². The van der Waals surface area contributed by atoms with Crippen molar-refractivity contribution in [1.29, 1.82) is 0 Å². The fourth-order valence-corrected chi connectivity index (χ4v) is 5.31. The van der Waals surface area contributed by atoms with E-state index in [0.29, 0.717) is 6.16 Å². The summed E-state index contributed by atoms with van der Waals surface area (Å²) in [6.45, 7) is -0.00571. The second-order valence-electron chi connectivity index (χ2n) is 4.99. The topological polar surface area (TPSA) is 49.8 Å². The fraction of sp³-hybridized carbons (Fsp3) is 0.250. The van der Waals surface area contributed by atoms with Crippen molar-refractivity contribution in [3.63, 3.8) is 0 Å². The Labute approximate surface area is 118 Å².